The van der Waals surface area contributed by atoms with Gasteiger partial charge < -0.3 is 5.73 Å². The zero-order valence-electron chi connectivity index (χ0n) is 11.3. The van der Waals surface area contributed by atoms with Crippen LogP contribution in [-0.4, -0.2) is 29.9 Å². The second-order valence-electron chi connectivity index (χ2n) is 5.39. The van der Waals surface area contributed by atoms with Crippen LogP contribution < -0.4 is 5.73 Å². The van der Waals surface area contributed by atoms with E-state index in [1.165, 1.54) is 6.07 Å². The van der Waals surface area contributed by atoms with Gasteiger partial charge in [-0.3, -0.25) is 9.69 Å². The van der Waals surface area contributed by atoms with Crippen LogP contribution in [0, 0.1) is 11.7 Å². The molecule has 4 heteroatoms. The summed E-state index contributed by atoms with van der Waals surface area (Å²) in [4.78, 5) is 13.3. The van der Waals surface area contributed by atoms with E-state index in [-0.39, 0.29) is 17.8 Å². The molecule has 0 radical (unpaired) electrons. The maximum Gasteiger partial charge on any atom is 0.234 e. The minimum absolute atomic E-state index is 0.169. The van der Waals surface area contributed by atoms with Crippen LogP contribution in [0.4, 0.5) is 4.39 Å². The molecule has 104 valence electrons. The van der Waals surface area contributed by atoms with Crippen LogP contribution in [0.5, 0.6) is 0 Å². The van der Waals surface area contributed by atoms with Crippen molar-refractivity contribution in [3.63, 3.8) is 0 Å². The van der Waals surface area contributed by atoms with Gasteiger partial charge in [-0.25, -0.2) is 4.39 Å². The third-order valence-corrected chi connectivity index (χ3v) is 4.02. The predicted octanol–water partition coefficient (Wildman–Crippen LogP) is 1.95. The SMILES string of the molecule is C[C@H](C(N)=O)N1CCC(Cc2cccc(F)c2)CC1. The molecule has 19 heavy (non-hydrogen) atoms. The van der Waals surface area contributed by atoms with Crippen molar-refractivity contribution < 1.29 is 9.18 Å². The van der Waals surface area contributed by atoms with Crippen LogP contribution in [0.15, 0.2) is 24.3 Å². The van der Waals surface area contributed by atoms with Gasteiger partial charge in [0.2, 0.25) is 5.91 Å². The quantitative estimate of drug-likeness (QED) is 0.903. The molecule has 0 bridgehead atoms. The number of likely N-dealkylation sites (tertiary alicyclic amines) is 1. The lowest BCUT2D eigenvalue weighted by molar-refractivity contribution is -0.123. The van der Waals surface area contributed by atoms with Crippen molar-refractivity contribution in [2.75, 3.05) is 13.1 Å². The van der Waals surface area contributed by atoms with Gasteiger partial charge in [0, 0.05) is 0 Å². The fourth-order valence-electron chi connectivity index (χ4n) is 2.72. The zero-order chi connectivity index (χ0) is 13.8. The number of primary amides is 1. The zero-order valence-corrected chi connectivity index (χ0v) is 11.3. The van der Waals surface area contributed by atoms with E-state index in [9.17, 15) is 9.18 Å². The van der Waals surface area contributed by atoms with Crippen LogP contribution in [-0.2, 0) is 11.2 Å². The molecule has 1 atom stereocenters. The molecule has 0 aliphatic carbocycles. The Bertz CT molecular complexity index is 442. The molecule has 1 saturated heterocycles. The van der Waals surface area contributed by atoms with Gasteiger partial charge >= 0.3 is 0 Å². The first-order valence-electron chi connectivity index (χ1n) is 6.84. The molecule has 0 unspecified atom stereocenters. The number of benzene rings is 1. The number of nitrogens with two attached hydrogens (primary N) is 1. The third-order valence-electron chi connectivity index (χ3n) is 4.02. The highest BCUT2D eigenvalue weighted by Crippen LogP contribution is 2.23. The highest BCUT2D eigenvalue weighted by molar-refractivity contribution is 5.79. The Morgan fingerprint density at radius 2 is 2.16 bits per heavy atom. The number of amides is 1. The summed E-state index contributed by atoms with van der Waals surface area (Å²) in [6.45, 7) is 3.64. The van der Waals surface area contributed by atoms with Crippen LogP contribution in [0.3, 0.4) is 0 Å². The summed E-state index contributed by atoms with van der Waals surface area (Å²) in [7, 11) is 0. The lowest BCUT2D eigenvalue weighted by atomic mass is 9.89. The summed E-state index contributed by atoms with van der Waals surface area (Å²) in [5.74, 6) is 0.138. The summed E-state index contributed by atoms with van der Waals surface area (Å²) in [6.07, 6.45) is 2.98. The molecular weight excluding hydrogens is 243 g/mol. The fourth-order valence-corrected chi connectivity index (χ4v) is 2.72. The second-order valence-corrected chi connectivity index (χ2v) is 5.39. The number of carbonyl (C=O) groups is 1. The van der Waals surface area contributed by atoms with Gasteiger partial charge in [-0.1, -0.05) is 12.1 Å². The molecule has 1 aliphatic rings. The summed E-state index contributed by atoms with van der Waals surface area (Å²) in [5, 5.41) is 0. The van der Waals surface area contributed by atoms with E-state index in [2.05, 4.69) is 4.90 Å². The number of hydrogen-bond donors (Lipinski definition) is 1. The Labute approximate surface area is 113 Å². The van der Waals surface area contributed by atoms with E-state index in [1.807, 2.05) is 13.0 Å². The fraction of sp³-hybridized carbons (Fsp3) is 0.533. The summed E-state index contributed by atoms with van der Waals surface area (Å²) in [6, 6.07) is 6.63. The molecule has 1 aromatic rings. The van der Waals surface area contributed by atoms with Gasteiger partial charge in [-0.05, 0) is 62.9 Å². The van der Waals surface area contributed by atoms with Gasteiger partial charge in [0.25, 0.3) is 0 Å². The number of carbonyl (C=O) groups excluding carboxylic acids is 1. The van der Waals surface area contributed by atoms with Gasteiger partial charge in [0.1, 0.15) is 5.82 Å². The number of hydrogen-bond acceptors (Lipinski definition) is 2. The number of rotatable bonds is 4. The monoisotopic (exact) mass is 264 g/mol. The van der Waals surface area contributed by atoms with E-state index in [0.717, 1.165) is 37.9 Å². The first-order valence-corrected chi connectivity index (χ1v) is 6.84. The minimum atomic E-state index is -0.261. The smallest absolute Gasteiger partial charge is 0.234 e. The molecule has 2 N–H and O–H groups in total. The Balaban J connectivity index is 1.85. The first kappa shape index (κ1) is 14.0. The molecule has 2 rings (SSSR count). The summed E-state index contributed by atoms with van der Waals surface area (Å²) < 4.78 is 13.1. The number of piperidine rings is 1. The second kappa shape index (κ2) is 6.15. The highest BCUT2D eigenvalue weighted by Gasteiger charge is 2.25. The number of halogens is 1. The molecule has 1 aromatic carbocycles. The highest BCUT2D eigenvalue weighted by atomic mass is 19.1. The van der Waals surface area contributed by atoms with E-state index >= 15 is 0 Å². The van der Waals surface area contributed by atoms with Gasteiger partial charge in [-0.15, -0.1) is 0 Å². The Kier molecular flexibility index (Phi) is 4.53. The minimum Gasteiger partial charge on any atom is -0.368 e. The van der Waals surface area contributed by atoms with Gasteiger partial charge in [0.15, 0.2) is 0 Å². The van der Waals surface area contributed by atoms with E-state index in [0.29, 0.717) is 5.92 Å². The van der Waals surface area contributed by atoms with Gasteiger partial charge in [-0.2, -0.15) is 0 Å². The van der Waals surface area contributed by atoms with E-state index < -0.39 is 0 Å². The molecule has 3 nitrogen and oxygen atoms in total. The summed E-state index contributed by atoms with van der Waals surface area (Å²) >= 11 is 0. The predicted molar refractivity (Wildman–Crippen MR) is 73.1 cm³/mol. The molecule has 1 amide bonds. The maximum atomic E-state index is 13.1. The van der Waals surface area contributed by atoms with E-state index in [1.54, 1.807) is 12.1 Å². The average Bonchev–Trinajstić information content (AvgIpc) is 2.39. The molecule has 0 saturated carbocycles. The number of nitrogens with zero attached hydrogens (tertiary/aromatic N) is 1. The average molecular weight is 264 g/mol. The standard InChI is InChI=1S/C15H21FN2O/c1-11(15(17)19)18-7-5-12(6-8-18)9-13-3-2-4-14(16)10-13/h2-4,10-12H,5-9H2,1H3,(H2,17,19)/t11-/m1/s1. The molecule has 1 aliphatic heterocycles. The normalized spacial score (nSPS) is 19.3. The maximum absolute atomic E-state index is 13.1. The largest absolute Gasteiger partial charge is 0.368 e. The van der Waals surface area contributed by atoms with Crippen molar-refractivity contribution in [2.45, 2.75) is 32.2 Å². The third kappa shape index (κ3) is 3.77. The van der Waals surface area contributed by atoms with E-state index in [4.69, 9.17) is 5.73 Å². The molecule has 1 heterocycles. The topological polar surface area (TPSA) is 46.3 Å². The van der Waals surface area contributed by atoms with Crippen molar-refractivity contribution in [1.82, 2.24) is 4.90 Å². The van der Waals surface area contributed by atoms with Crippen molar-refractivity contribution in [2.24, 2.45) is 11.7 Å². The summed E-state index contributed by atoms with van der Waals surface area (Å²) in [5.41, 5.74) is 6.38. The molecule has 1 fully saturated rings. The molecular formula is C15H21FN2O. The van der Waals surface area contributed by atoms with Crippen LogP contribution in [0.25, 0.3) is 0 Å². The van der Waals surface area contributed by atoms with Crippen LogP contribution >= 0.6 is 0 Å². The molecule has 0 aromatic heterocycles. The lowest BCUT2D eigenvalue weighted by Crippen LogP contribution is -2.46. The first-order chi connectivity index (χ1) is 9.06. The van der Waals surface area contributed by atoms with Crippen LogP contribution in [0.2, 0.25) is 0 Å². The van der Waals surface area contributed by atoms with Crippen molar-refractivity contribution >= 4 is 5.91 Å². The Morgan fingerprint density at radius 1 is 1.47 bits per heavy atom. The van der Waals surface area contributed by atoms with Gasteiger partial charge in [0.05, 0.1) is 6.04 Å². The van der Waals surface area contributed by atoms with Crippen molar-refractivity contribution in [3.8, 4) is 0 Å². The lowest BCUT2D eigenvalue weighted by Gasteiger charge is -2.34. The van der Waals surface area contributed by atoms with Crippen LogP contribution in [0.1, 0.15) is 25.3 Å². The van der Waals surface area contributed by atoms with Crippen molar-refractivity contribution in [3.05, 3.63) is 35.6 Å². The Morgan fingerprint density at radius 3 is 2.74 bits per heavy atom. The molecule has 0 spiro atoms. The Hall–Kier alpha value is -1.42. The van der Waals surface area contributed by atoms with Crippen molar-refractivity contribution in [1.29, 1.82) is 0 Å².